The summed E-state index contributed by atoms with van der Waals surface area (Å²) in [6.07, 6.45) is -3.21. The lowest BCUT2D eigenvalue weighted by Gasteiger charge is -2.15. The SMILES string of the molecule is Fc1cccc2c1CCC2NCC(F)(F)F. The molecule has 16 heavy (non-hydrogen) atoms. The normalized spacial score (nSPS) is 19.9. The zero-order valence-corrected chi connectivity index (χ0v) is 8.44. The summed E-state index contributed by atoms with van der Waals surface area (Å²) in [5.41, 5.74) is 1.20. The van der Waals surface area contributed by atoms with Crippen LogP contribution in [0.15, 0.2) is 18.2 Å². The van der Waals surface area contributed by atoms with Crippen molar-refractivity contribution in [3.8, 4) is 0 Å². The predicted molar refractivity (Wildman–Crippen MR) is 51.5 cm³/mol. The van der Waals surface area contributed by atoms with Gasteiger partial charge < -0.3 is 5.32 Å². The van der Waals surface area contributed by atoms with E-state index in [0.29, 0.717) is 24.0 Å². The molecule has 0 amide bonds. The van der Waals surface area contributed by atoms with Gasteiger partial charge in [0, 0.05) is 6.04 Å². The van der Waals surface area contributed by atoms with Crippen LogP contribution < -0.4 is 5.32 Å². The van der Waals surface area contributed by atoms with Gasteiger partial charge >= 0.3 is 6.18 Å². The van der Waals surface area contributed by atoms with Crippen LogP contribution in [0, 0.1) is 5.82 Å². The fourth-order valence-electron chi connectivity index (χ4n) is 2.06. The Labute approximate surface area is 90.5 Å². The molecule has 1 unspecified atom stereocenters. The van der Waals surface area contributed by atoms with Gasteiger partial charge in [-0.2, -0.15) is 13.2 Å². The highest BCUT2D eigenvalue weighted by atomic mass is 19.4. The fourth-order valence-corrected chi connectivity index (χ4v) is 2.06. The lowest BCUT2D eigenvalue weighted by atomic mass is 10.1. The van der Waals surface area contributed by atoms with E-state index in [1.807, 2.05) is 0 Å². The highest BCUT2D eigenvalue weighted by Gasteiger charge is 2.31. The van der Waals surface area contributed by atoms with Gasteiger partial charge in [0.2, 0.25) is 0 Å². The van der Waals surface area contributed by atoms with E-state index in [1.165, 1.54) is 12.1 Å². The van der Waals surface area contributed by atoms with Gasteiger partial charge in [0.15, 0.2) is 0 Å². The summed E-state index contributed by atoms with van der Waals surface area (Å²) >= 11 is 0. The summed E-state index contributed by atoms with van der Waals surface area (Å²) in [5.74, 6) is -0.325. The van der Waals surface area contributed by atoms with Crippen LogP contribution in [0.4, 0.5) is 17.6 Å². The third-order valence-corrected chi connectivity index (χ3v) is 2.76. The lowest BCUT2D eigenvalue weighted by molar-refractivity contribution is -0.126. The van der Waals surface area contributed by atoms with Crippen molar-refractivity contribution in [1.29, 1.82) is 0 Å². The van der Waals surface area contributed by atoms with Crippen LogP contribution in [0.2, 0.25) is 0 Å². The molecule has 1 aromatic carbocycles. The van der Waals surface area contributed by atoms with Gasteiger partial charge in [-0.1, -0.05) is 12.1 Å². The van der Waals surface area contributed by atoms with Gasteiger partial charge in [-0.25, -0.2) is 4.39 Å². The molecule has 0 heterocycles. The van der Waals surface area contributed by atoms with E-state index in [0.717, 1.165) is 0 Å². The van der Waals surface area contributed by atoms with Crippen molar-refractivity contribution in [3.63, 3.8) is 0 Å². The van der Waals surface area contributed by atoms with Crippen LogP contribution in [0.1, 0.15) is 23.6 Å². The Morgan fingerprint density at radius 2 is 2.06 bits per heavy atom. The molecule has 1 atom stereocenters. The number of fused-ring (bicyclic) bond motifs is 1. The molecule has 0 bridgehead atoms. The van der Waals surface area contributed by atoms with Gasteiger partial charge in [0.25, 0.3) is 0 Å². The van der Waals surface area contributed by atoms with Crippen molar-refractivity contribution < 1.29 is 17.6 Å². The molecule has 0 saturated carbocycles. The summed E-state index contributed by atoms with van der Waals surface area (Å²) in [7, 11) is 0. The smallest absolute Gasteiger partial charge is 0.302 e. The molecule has 0 spiro atoms. The summed E-state index contributed by atoms with van der Waals surface area (Å²) < 4.78 is 49.4. The van der Waals surface area contributed by atoms with Gasteiger partial charge in [-0.15, -0.1) is 0 Å². The lowest BCUT2D eigenvalue weighted by Crippen LogP contribution is -2.31. The summed E-state index contributed by atoms with van der Waals surface area (Å²) in [5, 5.41) is 2.41. The molecule has 2 rings (SSSR count). The molecule has 1 nitrogen and oxygen atoms in total. The minimum Gasteiger partial charge on any atom is -0.302 e. The van der Waals surface area contributed by atoms with Gasteiger partial charge in [-0.05, 0) is 30.0 Å². The molecule has 1 aromatic rings. The van der Waals surface area contributed by atoms with Crippen LogP contribution in [-0.2, 0) is 6.42 Å². The molecule has 0 aromatic heterocycles. The summed E-state index contributed by atoms with van der Waals surface area (Å²) in [4.78, 5) is 0. The molecule has 0 fully saturated rings. The highest BCUT2D eigenvalue weighted by Crippen LogP contribution is 2.33. The molecular formula is C11H11F4N. The number of benzene rings is 1. The number of hydrogen-bond donors (Lipinski definition) is 1. The second-order valence-electron chi connectivity index (χ2n) is 3.89. The van der Waals surface area contributed by atoms with Crippen molar-refractivity contribution in [2.75, 3.05) is 6.54 Å². The van der Waals surface area contributed by atoms with Crippen molar-refractivity contribution in [2.45, 2.75) is 25.1 Å². The molecular weight excluding hydrogens is 222 g/mol. The monoisotopic (exact) mass is 233 g/mol. The average molecular weight is 233 g/mol. The molecule has 1 N–H and O–H groups in total. The zero-order chi connectivity index (χ0) is 11.8. The van der Waals surface area contributed by atoms with Gasteiger partial charge in [0.1, 0.15) is 5.82 Å². The Bertz CT molecular complexity index is 386. The van der Waals surface area contributed by atoms with Crippen molar-refractivity contribution in [1.82, 2.24) is 5.32 Å². The maximum absolute atomic E-state index is 13.3. The first-order chi connectivity index (χ1) is 7.47. The van der Waals surface area contributed by atoms with Crippen LogP contribution in [0.3, 0.4) is 0 Å². The summed E-state index contributed by atoms with van der Waals surface area (Å²) in [6.45, 7) is -1.03. The quantitative estimate of drug-likeness (QED) is 0.774. The van der Waals surface area contributed by atoms with Crippen LogP contribution in [0.5, 0.6) is 0 Å². The Balaban J connectivity index is 2.09. The molecule has 88 valence electrons. The van der Waals surface area contributed by atoms with E-state index in [1.54, 1.807) is 6.07 Å². The largest absolute Gasteiger partial charge is 0.401 e. The Kier molecular flexibility index (Phi) is 2.88. The van der Waals surface area contributed by atoms with E-state index >= 15 is 0 Å². The maximum atomic E-state index is 13.3. The fraction of sp³-hybridized carbons (Fsp3) is 0.455. The standard InChI is InChI=1S/C11H11F4N/c12-9-3-1-2-8-7(9)4-5-10(8)16-6-11(13,14)15/h1-3,10,16H,4-6H2. The van der Waals surface area contributed by atoms with Crippen LogP contribution in [0.25, 0.3) is 0 Å². The number of rotatable bonds is 2. The third-order valence-electron chi connectivity index (χ3n) is 2.76. The van der Waals surface area contributed by atoms with Crippen molar-refractivity contribution in [2.24, 2.45) is 0 Å². The number of nitrogens with one attached hydrogen (secondary N) is 1. The minimum absolute atomic E-state index is 0.325. The van der Waals surface area contributed by atoms with Crippen LogP contribution >= 0.6 is 0 Å². The van der Waals surface area contributed by atoms with E-state index < -0.39 is 12.7 Å². The Morgan fingerprint density at radius 3 is 2.75 bits per heavy atom. The molecule has 0 aliphatic heterocycles. The number of hydrogen-bond acceptors (Lipinski definition) is 1. The topological polar surface area (TPSA) is 12.0 Å². The Hall–Kier alpha value is -1.10. The molecule has 0 radical (unpaired) electrons. The van der Waals surface area contributed by atoms with E-state index in [2.05, 4.69) is 5.32 Å². The first-order valence-electron chi connectivity index (χ1n) is 5.05. The van der Waals surface area contributed by atoms with Gasteiger partial charge in [0.05, 0.1) is 6.54 Å². The maximum Gasteiger partial charge on any atom is 0.401 e. The van der Waals surface area contributed by atoms with Crippen molar-refractivity contribution in [3.05, 3.63) is 35.1 Å². The van der Waals surface area contributed by atoms with Gasteiger partial charge in [-0.3, -0.25) is 0 Å². The first-order valence-corrected chi connectivity index (χ1v) is 5.05. The molecule has 1 aliphatic carbocycles. The second-order valence-corrected chi connectivity index (χ2v) is 3.89. The predicted octanol–water partition coefficient (Wildman–Crippen LogP) is 2.96. The van der Waals surface area contributed by atoms with E-state index in [9.17, 15) is 17.6 Å². The first kappa shape index (κ1) is 11.4. The molecule has 0 saturated heterocycles. The second kappa shape index (κ2) is 4.05. The molecule has 5 heteroatoms. The Morgan fingerprint density at radius 1 is 1.31 bits per heavy atom. The average Bonchev–Trinajstić information content (AvgIpc) is 2.58. The highest BCUT2D eigenvalue weighted by molar-refractivity contribution is 5.35. The van der Waals surface area contributed by atoms with E-state index in [-0.39, 0.29) is 11.9 Å². The van der Waals surface area contributed by atoms with E-state index in [4.69, 9.17) is 0 Å². The molecule has 1 aliphatic rings. The van der Waals surface area contributed by atoms with Crippen molar-refractivity contribution >= 4 is 0 Å². The number of halogens is 4. The third kappa shape index (κ3) is 2.35. The summed E-state index contributed by atoms with van der Waals surface area (Å²) in [6, 6.07) is 4.17. The van der Waals surface area contributed by atoms with Crippen LogP contribution in [-0.4, -0.2) is 12.7 Å². The number of alkyl halides is 3. The zero-order valence-electron chi connectivity index (χ0n) is 8.44. The minimum atomic E-state index is -4.23.